The molecule has 2 aromatic rings. The van der Waals surface area contributed by atoms with Gasteiger partial charge in [0.2, 0.25) is 5.69 Å². The second-order valence-corrected chi connectivity index (χ2v) is 9.62. The number of nitrogens with one attached hydrogen (secondary N) is 1. The first-order chi connectivity index (χ1) is 17.7. The van der Waals surface area contributed by atoms with Gasteiger partial charge in [-0.2, -0.15) is 4.79 Å². The molecule has 7 nitrogen and oxygen atoms in total. The Labute approximate surface area is 216 Å². The topological polar surface area (TPSA) is 98.1 Å². The van der Waals surface area contributed by atoms with Crippen molar-refractivity contribution in [3.05, 3.63) is 76.4 Å². The van der Waals surface area contributed by atoms with Crippen LogP contribution in [0.25, 0.3) is 0 Å². The molecule has 37 heavy (non-hydrogen) atoms. The molecule has 2 aliphatic rings. The zero-order valence-corrected chi connectivity index (χ0v) is 21.1. The van der Waals surface area contributed by atoms with Crippen molar-refractivity contribution in [3.63, 3.8) is 0 Å². The number of aryl methyl sites for hydroxylation is 1. The van der Waals surface area contributed by atoms with Crippen LogP contribution in [0.1, 0.15) is 59.7 Å². The summed E-state index contributed by atoms with van der Waals surface area (Å²) in [4.78, 5) is 50.8. The van der Waals surface area contributed by atoms with Crippen molar-refractivity contribution in [3.8, 4) is 0 Å². The van der Waals surface area contributed by atoms with E-state index in [9.17, 15) is 19.2 Å². The van der Waals surface area contributed by atoms with E-state index >= 15 is 0 Å². The van der Waals surface area contributed by atoms with Gasteiger partial charge in [0.05, 0.1) is 12.1 Å². The summed E-state index contributed by atoms with van der Waals surface area (Å²) < 4.78 is 2.65. The molecule has 2 aromatic carbocycles. The molecule has 4 rings (SSSR count). The highest BCUT2D eigenvalue weighted by Gasteiger charge is 2.33. The van der Waals surface area contributed by atoms with E-state index in [-0.39, 0.29) is 54.9 Å². The first kappa shape index (κ1) is 25.9. The van der Waals surface area contributed by atoms with Crippen molar-refractivity contribution in [1.82, 2.24) is 0 Å². The summed E-state index contributed by atoms with van der Waals surface area (Å²) in [6, 6.07) is 12.7. The number of rotatable bonds is 6. The predicted octanol–water partition coefficient (Wildman–Crippen LogP) is 4.64. The van der Waals surface area contributed by atoms with Gasteiger partial charge in [-0.05, 0) is 42.4 Å². The van der Waals surface area contributed by atoms with Gasteiger partial charge in [-0.3, -0.25) is 14.4 Å². The Morgan fingerprint density at radius 2 is 1.86 bits per heavy atom. The van der Waals surface area contributed by atoms with Crippen LogP contribution in [0.5, 0.6) is 0 Å². The number of fused-ring (bicyclic) bond motifs is 1. The fraction of sp³-hybridized carbons (Fsp3) is 0.300. The fourth-order valence-electron chi connectivity index (χ4n) is 4.92. The van der Waals surface area contributed by atoms with Crippen molar-refractivity contribution in [2.45, 2.75) is 52.0 Å². The maximum absolute atomic E-state index is 13.3. The molecule has 0 bridgehead atoms. The molecule has 2 amide bonds. The Bertz CT molecular complexity index is 1400. The molecule has 0 radical (unpaired) electrons. The monoisotopic (exact) mass is 497 g/mol. The molecular formula is C30H31N3O4+2. The first-order valence-corrected chi connectivity index (χ1v) is 12.5. The molecule has 1 N–H and O–H groups in total. The maximum Gasteiger partial charge on any atom is 0.676 e. The van der Waals surface area contributed by atoms with Crippen LogP contribution < -0.4 is 0 Å². The highest BCUT2D eigenvalue weighted by atomic mass is 16.2. The van der Waals surface area contributed by atoms with Gasteiger partial charge in [-0.25, -0.2) is 0 Å². The lowest BCUT2D eigenvalue weighted by atomic mass is 9.82. The van der Waals surface area contributed by atoms with Gasteiger partial charge in [0.15, 0.2) is 18.1 Å². The summed E-state index contributed by atoms with van der Waals surface area (Å²) in [5, 5.41) is 7.72. The molecule has 0 heterocycles. The molecule has 1 atom stereocenters. The third-order valence-electron chi connectivity index (χ3n) is 7.18. The van der Waals surface area contributed by atoms with Gasteiger partial charge in [0, 0.05) is 35.6 Å². The molecule has 0 aromatic heterocycles. The minimum Gasteiger partial charge on any atom is -0.301 e. The Morgan fingerprint density at radius 1 is 1.11 bits per heavy atom. The molecule has 1 unspecified atom stereocenters. The van der Waals surface area contributed by atoms with Crippen LogP contribution in [-0.2, 0) is 29.0 Å². The van der Waals surface area contributed by atoms with Crippen molar-refractivity contribution in [2.24, 2.45) is 5.92 Å². The third kappa shape index (κ3) is 5.50. The van der Waals surface area contributed by atoms with Gasteiger partial charge in [-0.1, -0.05) is 47.9 Å². The van der Waals surface area contributed by atoms with E-state index < -0.39 is 5.92 Å². The summed E-state index contributed by atoms with van der Waals surface area (Å²) in [5.74, 6) is -1.02. The Balaban J connectivity index is 1.48. The molecular weight excluding hydrogens is 466 g/mol. The van der Waals surface area contributed by atoms with E-state index in [0.717, 1.165) is 23.1 Å². The standard InChI is InChI=1S/C30H31N3O4/c1-4-19-7-5-9-23(15-19)33(3)30(37)32(2)18-22-8-6-10-25-24(22)13-11-21(29(25)36)16-20-12-14-27(34)26(31)17-28(20)35/h5-11,15,20,31H,2-4,12-14,16-18H2,1H3/q+2. The smallest absolute Gasteiger partial charge is 0.301 e. The zero-order chi connectivity index (χ0) is 26.7. The summed E-state index contributed by atoms with van der Waals surface area (Å²) in [5.41, 5.74) is 4.42. The van der Waals surface area contributed by atoms with E-state index in [1.54, 1.807) is 12.1 Å². The Hall–Kier alpha value is -4.13. The van der Waals surface area contributed by atoms with E-state index in [1.165, 1.54) is 9.15 Å². The fourth-order valence-corrected chi connectivity index (χ4v) is 4.92. The number of carbonyl (C=O) groups is 4. The van der Waals surface area contributed by atoms with Crippen molar-refractivity contribution in [2.75, 3.05) is 0 Å². The van der Waals surface area contributed by atoms with Crippen LogP contribution in [0, 0.1) is 11.3 Å². The molecule has 1 saturated carbocycles. The zero-order valence-electron chi connectivity index (χ0n) is 21.1. The number of nitrogens with zero attached hydrogens (tertiary/aromatic N) is 2. The number of hydrogen-bond acceptors (Lipinski definition) is 5. The van der Waals surface area contributed by atoms with E-state index in [4.69, 9.17) is 5.41 Å². The second-order valence-electron chi connectivity index (χ2n) is 9.62. The van der Waals surface area contributed by atoms with Crippen LogP contribution >= 0.6 is 0 Å². The van der Waals surface area contributed by atoms with Crippen LogP contribution in [0.2, 0.25) is 0 Å². The SMILES string of the molecule is C=[N+](Cc1cccc2c1CC=C(CC1CCC(=O)C(=N)CC1=O)C2=O)C(=O)[N+](=C)c1cccc(CC)c1. The summed E-state index contributed by atoms with van der Waals surface area (Å²) >= 11 is 0. The molecule has 1 fully saturated rings. The highest BCUT2D eigenvalue weighted by Crippen LogP contribution is 2.31. The summed E-state index contributed by atoms with van der Waals surface area (Å²) in [7, 11) is 0. The van der Waals surface area contributed by atoms with Crippen LogP contribution in [0.15, 0.2) is 54.1 Å². The quantitative estimate of drug-likeness (QED) is 0.357. The number of Topliss-reactive ketones (excluding diaryl/α,β-unsaturated/α-hetero) is 3. The van der Waals surface area contributed by atoms with Gasteiger partial charge in [-0.15, -0.1) is 4.58 Å². The Morgan fingerprint density at radius 3 is 2.62 bits per heavy atom. The van der Waals surface area contributed by atoms with Crippen LogP contribution in [0.4, 0.5) is 10.5 Å². The summed E-state index contributed by atoms with van der Waals surface area (Å²) in [6.45, 7) is 10.1. The molecule has 0 aliphatic heterocycles. The highest BCUT2D eigenvalue weighted by molar-refractivity contribution is 6.42. The van der Waals surface area contributed by atoms with E-state index in [0.29, 0.717) is 29.7 Å². The maximum atomic E-state index is 13.3. The number of benzene rings is 2. The van der Waals surface area contributed by atoms with E-state index in [2.05, 4.69) is 13.4 Å². The first-order valence-electron chi connectivity index (χ1n) is 12.5. The number of carbonyl (C=O) groups excluding carboxylic acids is 4. The minimum absolute atomic E-state index is 0.140. The lowest BCUT2D eigenvalue weighted by Crippen LogP contribution is -2.27. The van der Waals surface area contributed by atoms with Crippen LogP contribution in [0.3, 0.4) is 0 Å². The van der Waals surface area contributed by atoms with Crippen molar-refractivity contribution in [1.29, 1.82) is 5.41 Å². The van der Waals surface area contributed by atoms with Gasteiger partial charge in [0.1, 0.15) is 19.2 Å². The average molecular weight is 498 g/mol. The Kier molecular flexibility index (Phi) is 7.62. The van der Waals surface area contributed by atoms with Gasteiger partial charge in [0.25, 0.3) is 0 Å². The number of ketones is 3. The van der Waals surface area contributed by atoms with Gasteiger partial charge >= 0.3 is 6.03 Å². The van der Waals surface area contributed by atoms with Crippen molar-refractivity contribution < 1.29 is 28.3 Å². The van der Waals surface area contributed by atoms with Crippen molar-refractivity contribution >= 4 is 48.2 Å². The molecule has 188 valence electrons. The lowest BCUT2D eigenvalue weighted by molar-refractivity contribution is -0.537. The predicted molar refractivity (Wildman–Crippen MR) is 142 cm³/mol. The molecule has 0 saturated heterocycles. The van der Waals surface area contributed by atoms with Crippen LogP contribution in [-0.4, -0.2) is 51.7 Å². The minimum atomic E-state index is -0.436. The number of urea groups is 1. The number of hydrogen-bond donors (Lipinski definition) is 1. The molecule has 0 spiro atoms. The lowest BCUT2D eigenvalue weighted by Gasteiger charge is -2.20. The largest absolute Gasteiger partial charge is 0.676 e. The third-order valence-corrected chi connectivity index (χ3v) is 7.18. The molecule has 7 heteroatoms. The molecule has 2 aliphatic carbocycles. The normalized spacial score (nSPS) is 17.6. The second kappa shape index (κ2) is 10.9. The number of amides is 2. The van der Waals surface area contributed by atoms with E-state index in [1.807, 2.05) is 43.3 Å². The average Bonchev–Trinajstić information content (AvgIpc) is 3.02. The number of allylic oxidation sites excluding steroid dienone is 2. The summed E-state index contributed by atoms with van der Waals surface area (Å²) in [6.07, 6.45) is 3.83. The van der Waals surface area contributed by atoms with Gasteiger partial charge < -0.3 is 5.41 Å².